The van der Waals surface area contributed by atoms with Crippen molar-refractivity contribution in [3.05, 3.63) is 23.8 Å². The molecule has 0 amide bonds. The van der Waals surface area contributed by atoms with Crippen molar-refractivity contribution >= 4 is 0 Å². The highest BCUT2D eigenvalue weighted by Crippen LogP contribution is 2.31. The summed E-state index contributed by atoms with van der Waals surface area (Å²) in [6.07, 6.45) is 0.842. The molecule has 0 radical (unpaired) electrons. The van der Waals surface area contributed by atoms with E-state index in [0.717, 1.165) is 12.0 Å². The second kappa shape index (κ2) is 8.79. The van der Waals surface area contributed by atoms with Gasteiger partial charge in [0.25, 0.3) is 0 Å². The van der Waals surface area contributed by atoms with Crippen LogP contribution in [-0.2, 0) is 0 Å². The maximum Gasteiger partial charge on any atom is 0.161 e. The Balaban J connectivity index is 2.80. The molecule has 0 aromatic heterocycles. The molecule has 1 rings (SSSR count). The van der Waals surface area contributed by atoms with Crippen LogP contribution in [0.15, 0.2) is 18.2 Å². The molecule has 114 valence electrons. The number of hydrogen-bond donors (Lipinski definition) is 3. The first-order chi connectivity index (χ1) is 9.67. The third-order valence-corrected chi connectivity index (χ3v) is 3.31. The van der Waals surface area contributed by atoms with Crippen LogP contribution in [-0.4, -0.2) is 43.6 Å². The predicted molar refractivity (Wildman–Crippen MR) is 78.3 cm³/mol. The Bertz CT molecular complexity index is 397. The van der Waals surface area contributed by atoms with Gasteiger partial charge in [0, 0.05) is 12.6 Å². The Hall–Kier alpha value is -1.30. The molecule has 2 atom stereocenters. The van der Waals surface area contributed by atoms with Crippen molar-refractivity contribution in [3.8, 4) is 11.5 Å². The highest BCUT2D eigenvalue weighted by molar-refractivity contribution is 5.43. The van der Waals surface area contributed by atoms with Crippen molar-refractivity contribution < 1.29 is 19.7 Å². The minimum atomic E-state index is -0.626. The van der Waals surface area contributed by atoms with Crippen LogP contribution in [0.4, 0.5) is 0 Å². The SMILES string of the molecule is CCC(NCCCO)C(O)c1ccc(OC)c(OC)c1. The van der Waals surface area contributed by atoms with Crippen LogP contribution in [0.2, 0.25) is 0 Å². The maximum atomic E-state index is 10.4. The summed E-state index contributed by atoms with van der Waals surface area (Å²) in [5.74, 6) is 1.25. The van der Waals surface area contributed by atoms with Crippen molar-refractivity contribution in [2.45, 2.75) is 31.9 Å². The molecular weight excluding hydrogens is 258 g/mol. The van der Waals surface area contributed by atoms with Crippen LogP contribution in [0.3, 0.4) is 0 Å². The van der Waals surface area contributed by atoms with Gasteiger partial charge >= 0.3 is 0 Å². The maximum absolute atomic E-state index is 10.4. The number of methoxy groups -OCH3 is 2. The van der Waals surface area contributed by atoms with Crippen molar-refractivity contribution in [2.75, 3.05) is 27.4 Å². The zero-order valence-corrected chi connectivity index (χ0v) is 12.4. The van der Waals surface area contributed by atoms with E-state index in [2.05, 4.69) is 5.32 Å². The van der Waals surface area contributed by atoms with Gasteiger partial charge in [-0.05, 0) is 37.1 Å². The van der Waals surface area contributed by atoms with E-state index < -0.39 is 6.10 Å². The summed E-state index contributed by atoms with van der Waals surface area (Å²) in [6, 6.07) is 5.36. The van der Waals surface area contributed by atoms with Crippen molar-refractivity contribution in [3.63, 3.8) is 0 Å². The Morgan fingerprint density at radius 2 is 1.90 bits per heavy atom. The summed E-state index contributed by atoms with van der Waals surface area (Å²) in [4.78, 5) is 0. The van der Waals surface area contributed by atoms with Crippen molar-refractivity contribution in [2.24, 2.45) is 0 Å². The molecule has 0 spiro atoms. The molecule has 5 nitrogen and oxygen atoms in total. The van der Waals surface area contributed by atoms with E-state index in [9.17, 15) is 5.11 Å². The second-order valence-electron chi connectivity index (χ2n) is 4.61. The van der Waals surface area contributed by atoms with E-state index >= 15 is 0 Å². The molecule has 1 aromatic carbocycles. The fraction of sp³-hybridized carbons (Fsp3) is 0.600. The van der Waals surface area contributed by atoms with Crippen LogP contribution in [0.5, 0.6) is 11.5 Å². The monoisotopic (exact) mass is 283 g/mol. The van der Waals surface area contributed by atoms with Crippen LogP contribution < -0.4 is 14.8 Å². The van der Waals surface area contributed by atoms with Gasteiger partial charge in [-0.15, -0.1) is 0 Å². The van der Waals surface area contributed by atoms with Gasteiger partial charge in [0.2, 0.25) is 0 Å². The zero-order chi connectivity index (χ0) is 15.0. The van der Waals surface area contributed by atoms with E-state index in [1.165, 1.54) is 0 Å². The molecule has 0 heterocycles. The Morgan fingerprint density at radius 1 is 1.20 bits per heavy atom. The third-order valence-electron chi connectivity index (χ3n) is 3.31. The lowest BCUT2D eigenvalue weighted by Crippen LogP contribution is -2.35. The fourth-order valence-corrected chi connectivity index (χ4v) is 2.11. The van der Waals surface area contributed by atoms with Crippen molar-refractivity contribution in [1.29, 1.82) is 0 Å². The largest absolute Gasteiger partial charge is 0.493 e. The number of aliphatic hydroxyl groups is 2. The molecule has 0 aliphatic rings. The number of benzene rings is 1. The third kappa shape index (κ3) is 4.37. The molecule has 0 fully saturated rings. The first kappa shape index (κ1) is 16.8. The smallest absolute Gasteiger partial charge is 0.161 e. The normalized spacial score (nSPS) is 13.8. The van der Waals surface area contributed by atoms with Crippen LogP contribution in [0, 0.1) is 0 Å². The minimum absolute atomic E-state index is 0.0559. The van der Waals surface area contributed by atoms with Gasteiger partial charge in [-0.25, -0.2) is 0 Å². The highest BCUT2D eigenvalue weighted by atomic mass is 16.5. The molecule has 1 aromatic rings. The number of hydrogen-bond acceptors (Lipinski definition) is 5. The first-order valence-electron chi connectivity index (χ1n) is 6.92. The van der Waals surface area contributed by atoms with Gasteiger partial charge in [0.15, 0.2) is 11.5 Å². The van der Waals surface area contributed by atoms with E-state index in [4.69, 9.17) is 14.6 Å². The van der Waals surface area contributed by atoms with E-state index in [1.54, 1.807) is 26.4 Å². The van der Waals surface area contributed by atoms with Crippen LogP contribution >= 0.6 is 0 Å². The average molecular weight is 283 g/mol. The standard InChI is InChI=1S/C15H25NO4/c1-4-12(16-8-5-9-17)15(18)11-6-7-13(19-2)14(10-11)20-3/h6-7,10,12,15-18H,4-5,8-9H2,1-3H3. The van der Waals surface area contributed by atoms with Gasteiger partial charge < -0.3 is 25.0 Å². The van der Waals surface area contributed by atoms with Gasteiger partial charge in [0.1, 0.15) is 0 Å². The second-order valence-corrected chi connectivity index (χ2v) is 4.61. The molecule has 0 aliphatic heterocycles. The number of ether oxygens (including phenoxy) is 2. The summed E-state index contributed by atoms with van der Waals surface area (Å²) in [7, 11) is 3.16. The topological polar surface area (TPSA) is 71.0 Å². The Labute approximate surface area is 120 Å². The molecule has 20 heavy (non-hydrogen) atoms. The van der Waals surface area contributed by atoms with E-state index in [-0.39, 0.29) is 12.6 Å². The lowest BCUT2D eigenvalue weighted by atomic mass is 9.99. The molecule has 0 bridgehead atoms. The summed E-state index contributed by atoms with van der Waals surface area (Å²) < 4.78 is 10.4. The van der Waals surface area contributed by atoms with E-state index in [1.807, 2.05) is 13.0 Å². The number of aliphatic hydroxyl groups excluding tert-OH is 2. The zero-order valence-electron chi connectivity index (χ0n) is 12.4. The Morgan fingerprint density at radius 3 is 2.45 bits per heavy atom. The first-order valence-corrected chi connectivity index (χ1v) is 6.92. The Kier molecular flexibility index (Phi) is 7.36. The van der Waals surface area contributed by atoms with Gasteiger partial charge in [0.05, 0.1) is 20.3 Å². The van der Waals surface area contributed by atoms with Crippen LogP contribution in [0.25, 0.3) is 0 Å². The highest BCUT2D eigenvalue weighted by Gasteiger charge is 2.20. The van der Waals surface area contributed by atoms with Crippen LogP contribution in [0.1, 0.15) is 31.4 Å². The summed E-state index contributed by atoms with van der Waals surface area (Å²) in [5.41, 5.74) is 0.783. The van der Waals surface area contributed by atoms with Gasteiger partial charge in [-0.3, -0.25) is 0 Å². The molecular formula is C15H25NO4. The predicted octanol–water partition coefficient (Wildman–Crippen LogP) is 1.49. The average Bonchev–Trinajstić information content (AvgIpc) is 2.50. The molecule has 3 N–H and O–H groups in total. The van der Waals surface area contributed by atoms with E-state index in [0.29, 0.717) is 24.5 Å². The molecule has 0 saturated carbocycles. The molecule has 0 aliphatic carbocycles. The fourth-order valence-electron chi connectivity index (χ4n) is 2.11. The summed E-state index contributed by atoms with van der Waals surface area (Å²) >= 11 is 0. The van der Waals surface area contributed by atoms with Gasteiger partial charge in [-0.1, -0.05) is 13.0 Å². The lowest BCUT2D eigenvalue weighted by Gasteiger charge is -2.24. The quantitative estimate of drug-likeness (QED) is 0.599. The minimum Gasteiger partial charge on any atom is -0.493 e. The summed E-state index contributed by atoms with van der Waals surface area (Å²) in [6.45, 7) is 2.84. The lowest BCUT2D eigenvalue weighted by molar-refractivity contribution is 0.124. The van der Waals surface area contributed by atoms with Gasteiger partial charge in [-0.2, -0.15) is 0 Å². The van der Waals surface area contributed by atoms with Crippen molar-refractivity contribution in [1.82, 2.24) is 5.32 Å². The molecule has 2 unspecified atom stereocenters. The molecule has 0 saturated heterocycles. The number of rotatable bonds is 9. The summed E-state index contributed by atoms with van der Waals surface area (Å²) in [5, 5.41) is 22.5. The number of nitrogens with one attached hydrogen (secondary N) is 1. The molecule has 5 heteroatoms.